The van der Waals surface area contributed by atoms with E-state index in [0.29, 0.717) is 0 Å². The van der Waals surface area contributed by atoms with Gasteiger partial charge >= 0.3 is 0 Å². The van der Waals surface area contributed by atoms with E-state index in [1.54, 1.807) is 6.21 Å². The van der Waals surface area contributed by atoms with Crippen molar-refractivity contribution in [2.75, 3.05) is 0 Å². The van der Waals surface area contributed by atoms with Gasteiger partial charge in [-0.2, -0.15) is 0 Å². The summed E-state index contributed by atoms with van der Waals surface area (Å²) in [4.78, 5) is 3.73. The Morgan fingerprint density at radius 1 is 1.75 bits per heavy atom. The Morgan fingerprint density at radius 3 is 2.75 bits per heavy atom. The van der Waals surface area contributed by atoms with Crippen molar-refractivity contribution in [2.24, 2.45) is 10.7 Å². The van der Waals surface area contributed by atoms with Crippen LogP contribution in [0.4, 0.5) is 0 Å². The number of nitrogens with two attached hydrogens (primary N) is 1. The van der Waals surface area contributed by atoms with E-state index in [9.17, 15) is 0 Å². The third kappa shape index (κ3) is 3.15. The van der Waals surface area contributed by atoms with Crippen LogP contribution in [0, 0.1) is 0 Å². The molecule has 0 spiro atoms. The molecule has 0 radical (unpaired) electrons. The third-order valence-corrected chi connectivity index (χ3v) is 0.646. The highest BCUT2D eigenvalue weighted by Crippen LogP contribution is 1.81. The van der Waals surface area contributed by atoms with Gasteiger partial charge in [-0.15, -0.1) is 0 Å². The minimum absolute atomic E-state index is 0.935. The average molecular weight is 110 g/mol. The Morgan fingerprint density at radius 2 is 2.38 bits per heavy atom. The molecule has 0 rings (SSSR count). The highest BCUT2D eigenvalue weighted by Gasteiger charge is 1.72. The Kier molecular flexibility index (Phi) is 3.58. The highest BCUT2D eigenvalue weighted by atomic mass is 14.7. The zero-order valence-corrected chi connectivity index (χ0v) is 4.96. The van der Waals surface area contributed by atoms with Crippen molar-refractivity contribution in [3.63, 3.8) is 0 Å². The maximum Gasteiger partial charge on any atom is 0.0311 e. The minimum Gasteiger partial charge on any atom is -0.404 e. The van der Waals surface area contributed by atoms with E-state index in [0.717, 1.165) is 5.57 Å². The molecule has 0 amide bonds. The Bertz CT molecular complexity index is 122. The van der Waals surface area contributed by atoms with Gasteiger partial charge in [0.2, 0.25) is 0 Å². The summed E-state index contributed by atoms with van der Waals surface area (Å²) in [5, 5.41) is 0. The molecular formula is C6H10N2. The van der Waals surface area contributed by atoms with Gasteiger partial charge in [0.05, 0.1) is 0 Å². The zero-order chi connectivity index (χ0) is 6.41. The maximum absolute atomic E-state index is 5.13. The van der Waals surface area contributed by atoms with Crippen molar-refractivity contribution in [1.29, 1.82) is 0 Å². The van der Waals surface area contributed by atoms with Crippen LogP contribution in [0.2, 0.25) is 0 Å². The van der Waals surface area contributed by atoms with E-state index in [-0.39, 0.29) is 0 Å². The van der Waals surface area contributed by atoms with Gasteiger partial charge in [-0.25, -0.2) is 0 Å². The Labute approximate surface area is 49.4 Å². The van der Waals surface area contributed by atoms with Crippen LogP contribution in [0.1, 0.15) is 6.92 Å². The van der Waals surface area contributed by atoms with Gasteiger partial charge < -0.3 is 5.73 Å². The lowest BCUT2D eigenvalue weighted by molar-refractivity contribution is 1.47. The monoisotopic (exact) mass is 110 g/mol. The summed E-state index contributed by atoms with van der Waals surface area (Å²) in [5.41, 5.74) is 6.06. The van der Waals surface area contributed by atoms with Crippen molar-refractivity contribution in [2.45, 2.75) is 6.92 Å². The predicted octanol–water partition coefficient (Wildman–Crippen LogP) is 1.06. The van der Waals surface area contributed by atoms with Gasteiger partial charge in [0.25, 0.3) is 0 Å². The third-order valence-electron chi connectivity index (χ3n) is 0.646. The van der Waals surface area contributed by atoms with E-state index in [1.165, 1.54) is 12.4 Å². The lowest BCUT2D eigenvalue weighted by Gasteiger charge is -1.81. The molecule has 0 atom stereocenters. The molecule has 2 nitrogen and oxygen atoms in total. The molecule has 44 valence electrons. The summed E-state index contributed by atoms with van der Waals surface area (Å²) in [6.07, 6.45) is 4.60. The molecule has 0 saturated carbocycles. The van der Waals surface area contributed by atoms with Gasteiger partial charge in [-0.3, -0.25) is 4.99 Å². The highest BCUT2D eigenvalue weighted by molar-refractivity contribution is 5.77. The van der Waals surface area contributed by atoms with Gasteiger partial charge in [0.1, 0.15) is 0 Å². The van der Waals surface area contributed by atoms with Crippen molar-refractivity contribution in [3.8, 4) is 0 Å². The summed E-state index contributed by atoms with van der Waals surface area (Å²) in [7, 11) is 0. The summed E-state index contributed by atoms with van der Waals surface area (Å²) in [6.45, 7) is 5.27. The Balaban J connectivity index is 3.69. The molecule has 0 aromatic rings. The molecule has 2 heteroatoms. The normalized spacial score (nSPS) is 12.4. The van der Waals surface area contributed by atoms with E-state index >= 15 is 0 Å². The molecule has 0 saturated heterocycles. The molecule has 0 aromatic heterocycles. The van der Waals surface area contributed by atoms with Crippen LogP contribution >= 0.6 is 0 Å². The number of rotatable bonds is 2. The summed E-state index contributed by atoms with van der Waals surface area (Å²) < 4.78 is 0. The standard InChI is InChI=1S/C6H10N2/c1-3-8-5-6(2)4-7/h3-5H,1,7H2,2H3. The quantitative estimate of drug-likeness (QED) is 0.530. The number of nitrogens with zero attached hydrogens (tertiary/aromatic N) is 1. The summed E-state index contributed by atoms with van der Waals surface area (Å²) in [6, 6.07) is 0. The van der Waals surface area contributed by atoms with Crippen LogP contribution in [-0.2, 0) is 0 Å². The van der Waals surface area contributed by atoms with E-state index in [1.807, 2.05) is 6.92 Å². The molecule has 2 N–H and O–H groups in total. The fourth-order valence-corrected chi connectivity index (χ4v) is 0.213. The van der Waals surface area contributed by atoms with Crippen molar-refractivity contribution in [3.05, 3.63) is 24.6 Å². The minimum atomic E-state index is 0.935. The lowest BCUT2D eigenvalue weighted by Crippen LogP contribution is -1.83. The molecule has 0 heterocycles. The first-order valence-corrected chi connectivity index (χ1v) is 2.34. The number of aliphatic imine (C=N–C) groups is 1. The summed E-state index contributed by atoms with van der Waals surface area (Å²) in [5.74, 6) is 0. The van der Waals surface area contributed by atoms with E-state index in [4.69, 9.17) is 5.73 Å². The van der Waals surface area contributed by atoms with Crippen LogP contribution in [0.25, 0.3) is 0 Å². The SMILES string of the molecule is C=CN=CC(C)=CN. The topological polar surface area (TPSA) is 38.4 Å². The fraction of sp³-hybridized carbons (Fsp3) is 0.167. The molecule has 0 aliphatic heterocycles. The van der Waals surface area contributed by atoms with E-state index < -0.39 is 0 Å². The van der Waals surface area contributed by atoms with Crippen LogP contribution < -0.4 is 5.73 Å². The second-order valence-corrected chi connectivity index (χ2v) is 1.37. The zero-order valence-electron chi connectivity index (χ0n) is 4.96. The Hall–Kier alpha value is -1.05. The van der Waals surface area contributed by atoms with Gasteiger partial charge in [0, 0.05) is 12.4 Å². The molecule has 0 aliphatic carbocycles. The second-order valence-electron chi connectivity index (χ2n) is 1.37. The number of allylic oxidation sites excluding steroid dienone is 1. The first-order chi connectivity index (χ1) is 3.81. The van der Waals surface area contributed by atoms with Crippen molar-refractivity contribution >= 4 is 6.21 Å². The first-order valence-electron chi connectivity index (χ1n) is 2.34. The molecule has 8 heavy (non-hydrogen) atoms. The molecule has 0 unspecified atom stereocenters. The van der Waals surface area contributed by atoms with Crippen molar-refractivity contribution < 1.29 is 0 Å². The van der Waals surface area contributed by atoms with Crippen molar-refractivity contribution in [1.82, 2.24) is 0 Å². The molecule has 0 fully saturated rings. The predicted molar refractivity (Wildman–Crippen MR) is 36.6 cm³/mol. The first kappa shape index (κ1) is 6.95. The van der Waals surface area contributed by atoms with Gasteiger partial charge in [-0.05, 0) is 18.7 Å². The summed E-state index contributed by atoms with van der Waals surface area (Å²) >= 11 is 0. The van der Waals surface area contributed by atoms with Crippen LogP contribution in [0.3, 0.4) is 0 Å². The lowest BCUT2D eigenvalue weighted by atomic mass is 10.4. The van der Waals surface area contributed by atoms with Crippen LogP contribution in [-0.4, -0.2) is 6.21 Å². The average Bonchev–Trinajstić information content (AvgIpc) is 1.83. The molecular weight excluding hydrogens is 100 g/mol. The van der Waals surface area contributed by atoms with Gasteiger partial charge in [-0.1, -0.05) is 6.58 Å². The number of hydrogen-bond acceptors (Lipinski definition) is 2. The van der Waals surface area contributed by atoms with Crippen LogP contribution in [0.5, 0.6) is 0 Å². The largest absolute Gasteiger partial charge is 0.404 e. The number of hydrogen-bond donors (Lipinski definition) is 1. The second kappa shape index (κ2) is 4.12. The van der Waals surface area contributed by atoms with Crippen LogP contribution in [0.15, 0.2) is 29.5 Å². The maximum atomic E-state index is 5.13. The molecule has 0 aliphatic rings. The molecule has 0 aromatic carbocycles. The van der Waals surface area contributed by atoms with E-state index in [2.05, 4.69) is 11.6 Å². The fourth-order valence-electron chi connectivity index (χ4n) is 0.213. The van der Waals surface area contributed by atoms with Gasteiger partial charge in [0.15, 0.2) is 0 Å². The smallest absolute Gasteiger partial charge is 0.0311 e. The molecule has 0 bridgehead atoms.